The summed E-state index contributed by atoms with van der Waals surface area (Å²) >= 11 is 0. The van der Waals surface area contributed by atoms with Crippen molar-refractivity contribution < 1.29 is 34.0 Å². The number of epoxide rings is 1. The second-order valence-corrected chi connectivity index (χ2v) is 7.98. The maximum atomic E-state index is 12.5. The molecule has 0 aromatic heterocycles. The number of rotatable bonds is 4. The molecule has 2 saturated heterocycles. The van der Waals surface area contributed by atoms with E-state index >= 15 is 0 Å². The first-order chi connectivity index (χ1) is 12.7. The maximum Gasteiger partial charge on any atom is 0.334 e. The SMILES string of the molecule is C=C1C(=O)O[C@@H]2/C=C(/CO)[C@@H](O)C[C@H]3O[C@]3(C)C[C@@H](OC(=O)[C@H](C)CC)[C@@H]12. The molecule has 7 atom stereocenters. The minimum atomic E-state index is -0.894. The lowest BCUT2D eigenvalue weighted by molar-refractivity contribution is -0.157. The van der Waals surface area contributed by atoms with Gasteiger partial charge in [-0.3, -0.25) is 4.79 Å². The van der Waals surface area contributed by atoms with E-state index in [0.29, 0.717) is 24.8 Å². The minimum absolute atomic E-state index is 0.213. The number of ether oxygens (including phenoxy) is 3. The lowest BCUT2D eigenvalue weighted by Gasteiger charge is -2.30. The van der Waals surface area contributed by atoms with E-state index in [2.05, 4.69) is 6.58 Å². The number of hydrogen-bond donors (Lipinski definition) is 2. The zero-order valence-corrected chi connectivity index (χ0v) is 16.0. The zero-order chi connectivity index (χ0) is 19.9. The van der Waals surface area contributed by atoms with Gasteiger partial charge < -0.3 is 24.4 Å². The number of carbonyl (C=O) groups excluding carboxylic acids is 2. The van der Waals surface area contributed by atoms with E-state index in [9.17, 15) is 19.8 Å². The minimum Gasteiger partial charge on any atom is -0.461 e. The van der Waals surface area contributed by atoms with Crippen molar-refractivity contribution in [1.29, 1.82) is 0 Å². The molecule has 1 aliphatic carbocycles. The van der Waals surface area contributed by atoms with Crippen LogP contribution >= 0.6 is 0 Å². The molecule has 150 valence electrons. The van der Waals surface area contributed by atoms with E-state index in [1.807, 2.05) is 13.8 Å². The first-order valence-corrected chi connectivity index (χ1v) is 9.47. The Bertz CT molecular complexity index is 669. The number of fused-ring (bicyclic) bond motifs is 2. The Kier molecular flexibility index (Phi) is 5.47. The van der Waals surface area contributed by atoms with Gasteiger partial charge in [0.1, 0.15) is 12.2 Å². The highest BCUT2D eigenvalue weighted by atomic mass is 16.6. The summed E-state index contributed by atoms with van der Waals surface area (Å²) in [6, 6.07) is 0. The number of esters is 2. The molecular formula is C20H28O7. The number of hydrogen-bond acceptors (Lipinski definition) is 7. The number of aliphatic hydroxyl groups is 2. The maximum absolute atomic E-state index is 12.5. The van der Waals surface area contributed by atoms with Gasteiger partial charge in [-0.1, -0.05) is 20.4 Å². The van der Waals surface area contributed by atoms with Crippen molar-refractivity contribution in [2.75, 3.05) is 6.61 Å². The van der Waals surface area contributed by atoms with Gasteiger partial charge in [-0.2, -0.15) is 0 Å². The average molecular weight is 380 g/mol. The van der Waals surface area contributed by atoms with E-state index < -0.39 is 35.8 Å². The average Bonchev–Trinajstić information content (AvgIpc) is 3.15. The van der Waals surface area contributed by atoms with E-state index in [1.165, 1.54) is 0 Å². The molecule has 3 aliphatic rings. The predicted molar refractivity (Wildman–Crippen MR) is 95.5 cm³/mol. The van der Waals surface area contributed by atoms with Crippen LogP contribution in [0.2, 0.25) is 0 Å². The summed E-state index contributed by atoms with van der Waals surface area (Å²) < 4.78 is 17.0. The summed E-state index contributed by atoms with van der Waals surface area (Å²) in [6.07, 6.45) is 0.400. The van der Waals surface area contributed by atoms with Gasteiger partial charge in [-0.25, -0.2) is 4.79 Å². The Morgan fingerprint density at radius 3 is 2.85 bits per heavy atom. The van der Waals surface area contributed by atoms with Crippen molar-refractivity contribution in [3.8, 4) is 0 Å². The molecule has 7 nitrogen and oxygen atoms in total. The van der Waals surface area contributed by atoms with Crippen LogP contribution in [-0.4, -0.2) is 58.8 Å². The molecule has 27 heavy (non-hydrogen) atoms. The summed E-state index contributed by atoms with van der Waals surface area (Å²) in [7, 11) is 0. The van der Waals surface area contributed by atoms with Gasteiger partial charge in [0.25, 0.3) is 0 Å². The summed E-state index contributed by atoms with van der Waals surface area (Å²) in [4.78, 5) is 24.6. The van der Waals surface area contributed by atoms with Crippen LogP contribution in [0, 0.1) is 11.8 Å². The molecule has 2 fully saturated rings. The molecule has 0 unspecified atom stereocenters. The third-order valence-corrected chi connectivity index (χ3v) is 6.01. The quantitative estimate of drug-likeness (QED) is 0.327. The summed E-state index contributed by atoms with van der Waals surface area (Å²) in [5, 5.41) is 20.1. The molecule has 2 aliphatic heterocycles. The standard InChI is InChI=1S/C20H28O7/c1-5-10(2)18(23)26-15-8-20(4)16(27-20)7-13(22)12(9-21)6-14-17(15)11(3)19(24)25-14/h6,10,13-17,21-22H,3,5,7-9H2,1-2,4H3/b12-6-/t10-,13+,14-,15-,16-,17+,20-/m1/s1. The topological polar surface area (TPSA) is 106 Å². The Morgan fingerprint density at radius 2 is 2.22 bits per heavy atom. The van der Waals surface area contributed by atoms with Crippen LogP contribution in [0.4, 0.5) is 0 Å². The Balaban J connectivity index is 1.97. The molecule has 2 N–H and O–H groups in total. The molecule has 2 heterocycles. The largest absolute Gasteiger partial charge is 0.461 e. The third-order valence-electron chi connectivity index (χ3n) is 6.01. The van der Waals surface area contributed by atoms with Crippen molar-refractivity contribution >= 4 is 11.9 Å². The van der Waals surface area contributed by atoms with Crippen LogP contribution < -0.4 is 0 Å². The fourth-order valence-corrected chi connectivity index (χ4v) is 3.86. The molecule has 7 heteroatoms. The van der Waals surface area contributed by atoms with Crippen LogP contribution in [0.1, 0.15) is 40.0 Å². The van der Waals surface area contributed by atoms with Gasteiger partial charge in [-0.15, -0.1) is 0 Å². The first-order valence-electron chi connectivity index (χ1n) is 9.47. The summed E-state index contributed by atoms with van der Waals surface area (Å²) in [5.74, 6) is -1.74. The normalized spacial score (nSPS) is 41.5. The third kappa shape index (κ3) is 3.81. The van der Waals surface area contributed by atoms with Crippen LogP contribution in [0.25, 0.3) is 0 Å². The number of carbonyl (C=O) groups is 2. The van der Waals surface area contributed by atoms with Crippen LogP contribution in [0.15, 0.2) is 23.8 Å². The van der Waals surface area contributed by atoms with Gasteiger partial charge in [0.15, 0.2) is 0 Å². The summed E-state index contributed by atoms with van der Waals surface area (Å²) in [5.41, 5.74) is 0.0149. The highest BCUT2D eigenvalue weighted by Gasteiger charge is 2.57. The fraction of sp³-hybridized carbons (Fsp3) is 0.700. The Hall–Kier alpha value is -1.70. The monoisotopic (exact) mass is 380 g/mol. The molecule has 0 spiro atoms. The molecular weight excluding hydrogens is 352 g/mol. The molecule has 0 aromatic rings. The van der Waals surface area contributed by atoms with Crippen LogP contribution in [0.3, 0.4) is 0 Å². The van der Waals surface area contributed by atoms with Crippen molar-refractivity contribution in [2.45, 2.75) is 70.1 Å². The van der Waals surface area contributed by atoms with Crippen molar-refractivity contribution in [3.05, 3.63) is 23.8 Å². The lowest BCUT2D eigenvalue weighted by Crippen LogP contribution is -2.39. The van der Waals surface area contributed by atoms with E-state index in [-0.39, 0.29) is 30.2 Å². The molecule has 0 radical (unpaired) electrons. The molecule has 0 bridgehead atoms. The fourth-order valence-electron chi connectivity index (χ4n) is 3.86. The van der Waals surface area contributed by atoms with Gasteiger partial charge in [-0.05, 0) is 25.0 Å². The second-order valence-electron chi connectivity index (χ2n) is 7.98. The molecule has 3 rings (SSSR count). The zero-order valence-electron chi connectivity index (χ0n) is 16.0. The van der Waals surface area contributed by atoms with Gasteiger partial charge in [0, 0.05) is 18.4 Å². The lowest BCUT2D eigenvalue weighted by atomic mass is 9.82. The summed E-state index contributed by atoms with van der Waals surface area (Å²) in [6.45, 7) is 9.07. The predicted octanol–water partition coefficient (Wildman–Crippen LogP) is 1.27. The highest BCUT2D eigenvalue weighted by Crippen LogP contribution is 2.48. The Morgan fingerprint density at radius 1 is 1.52 bits per heavy atom. The van der Waals surface area contributed by atoms with Crippen molar-refractivity contribution in [2.24, 2.45) is 11.8 Å². The van der Waals surface area contributed by atoms with Crippen molar-refractivity contribution in [1.82, 2.24) is 0 Å². The van der Waals surface area contributed by atoms with Crippen LogP contribution in [0.5, 0.6) is 0 Å². The Labute approximate surface area is 159 Å². The molecule has 0 saturated carbocycles. The van der Waals surface area contributed by atoms with E-state index in [4.69, 9.17) is 14.2 Å². The number of aliphatic hydroxyl groups excluding tert-OH is 2. The van der Waals surface area contributed by atoms with Gasteiger partial charge in [0.05, 0.1) is 36.3 Å². The van der Waals surface area contributed by atoms with E-state index in [0.717, 1.165) is 0 Å². The van der Waals surface area contributed by atoms with Crippen LogP contribution in [-0.2, 0) is 23.8 Å². The molecule has 0 amide bonds. The second kappa shape index (κ2) is 7.37. The highest BCUT2D eigenvalue weighted by molar-refractivity contribution is 5.91. The first kappa shape index (κ1) is 20.0. The van der Waals surface area contributed by atoms with E-state index in [1.54, 1.807) is 13.0 Å². The van der Waals surface area contributed by atoms with Gasteiger partial charge in [0.2, 0.25) is 0 Å². The molecule has 0 aromatic carbocycles. The smallest absolute Gasteiger partial charge is 0.334 e. The van der Waals surface area contributed by atoms with Crippen molar-refractivity contribution in [3.63, 3.8) is 0 Å². The van der Waals surface area contributed by atoms with Gasteiger partial charge >= 0.3 is 11.9 Å².